The van der Waals surface area contributed by atoms with Gasteiger partial charge in [0.1, 0.15) is 5.83 Å². The van der Waals surface area contributed by atoms with Crippen molar-refractivity contribution in [2.75, 3.05) is 0 Å². The molecular formula is C13H10F4N2O. The molecule has 0 radical (unpaired) electrons. The predicted molar refractivity (Wildman–Crippen MR) is 65.3 cm³/mol. The maximum atomic E-state index is 13.1. The van der Waals surface area contributed by atoms with Gasteiger partial charge in [0, 0.05) is 5.57 Å². The van der Waals surface area contributed by atoms with Crippen LogP contribution in [-0.4, -0.2) is 17.8 Å². The fraction of sp³-hybridized carbons (Fsp3) is 0.231. The van der Waals surface area contributed by atoms with E-state index in [1.807, 2.05) is 0 Å². The van der Waals surface area contributed by atoms with Crippen molar-refractivity contribution in [2.24, 2.45) is 11.0 Å². The van der Waals surface area contributed by atoms with Gasteiger partial charge in [-0.2, -0.15) is 18.3 Å². The topological polar surface area (TPSA) is 41.5 Å². The summed E-state index contributed by atoms with van der Waals surface area (Å²) < 4.78 is 51.2. The molecule has 0 aromatic carbocycles. The van der Waals surface area contributed by atoms with Crippen LogP contribution in [0.3, 0.4) is 0 Å². The lowest BCUT2D eigenvalue weighted by molar-refractivity contribution is -0.121. The number of amides is 1. The van der Waals surface area contributed by atoms with Crippen LogP contribution in [0.25, 0.3) is 0 Å². The zero-order valence-corrected chi connectivity index (χ0v) is 10.4. The molecule has 0 spiro atoms. The standard InChI is InChI=1S/C13H10F4N2O/c1-3-7(4-10(6(2)14)13(15,16)17)11-8-5-9(8)12(20)19-18-11/h3-5,9H,1H2,2H3,(H,19,20)/b7-4+,10-6-. The molecule has 7 heteroatoms. The van der Waals surface area contributed by atoms with E-state index in [1.54, 1.807) is 6.08 Å². The molecular weight excluding hydrogens is 276 g/mol. The molecule has 1 aliphatic carbocycles. The van der Waals surface area contributed by atoms with Crippen LogP contribution < -0.4 is 5.43 Å². The summed E-state index contributed by atoms with van der Waals surface area (Å²) in [5.74, 6) is -2.14. The van der Waals surface area contributed by atoms with E-state index < -0.39 is 23.5 Å². The largest absolute Gasteiger partial charge is 0.418 e. The van der Waals surface area contributed by atoms with Gasteiger partial charge >= 0.3 is 6.18 Å². The molecule has 1 unspecified atom stereocenters. The second-order valence-electron chi connectivity index (χ2n) is 4.28. The van der Waals surface area contributed by atoms with Crippen molar-refractivity contribution in [3.63, 3.8) is 0 Å². The van der Waals surface area contributed by atoms with Crippen molar-refractivity contribution in [3.8, 4) is 0 Å². The van der Waals surface area contributed by atoms with E-state index in [9.17, 15) is 22.4 Å². The summed E-state index contributed by atoms with van der Waals surface area (Å²) in [5, 5.41) is 3.70. The summed E-state index contributed by atoms with van der Waals surface area (Å²) in [6.45, 7) is 4.13. The van der Waals surface area contributed by atoms with Gasteiger partial charge in [0.25, 0.3) is 5.91 Å². The highest BCUT2D eigenvalue weighted by Gasteiger charge is 2.40. The zero-order chi connectivity index (χ0) is 15.1. The van der Waals surface area contributed by atoms with E-state index in [2.05, 4.69) is 17.1 Å². The molecule has 0 saturated carbocycles. The van der Waals surface area contributed by atoms with Crippen LogP contribution in [0.1, 0.15) is 6.92 Å². The minimum Gasteiger partial charge on any atom is -0.272 e. The van der Waals surface area contributed by atoms with E-state index in [0.717, 1.165) is 13.0 Å². The molecule has 1 atom stereocenters. The van der Waals surface area contributed by atoms with Gasteiger partial charge in [-0.25, -0.2) is 9.82 Å². The first-order valence-electron chi connectivity index (χ1n) is 5.63. The van der Waals surface area contributed by atoms with Crippen LogP contribution in [0.4, 0.5) is 17.6 Å². The fourth-order valence-electron chi connectivity index (χ4n) is 1.81. The predicted octanol–water partition coefficient (Wildman–Crippen LogP) is 2.95. The lowest BCUT2D eigenvalue weighted by Gasteiger charge is -2.14. The maximum absolute atomic E-state index is 13.1. The number of nitrogens with one attached hydrogen (secondary N) is 1. The van der Waals surface area contributed by atoms with Gasteiger partial charge in [-0.15, -0.1) is 0 Å². The Morgan fingerprint density at radius 3 is 2.65 bits per heavy atom. The van der Waals surface area contributed by atoms with Gasteiger partial charge in [-0.1, -0.05) is 18.7 Å². The highest BCUT2D eigenvalue weighted by Crippen LogP contribution is 2.37. The van der Waals surface area contributed by atoms with Crippen LogP contribution in [0.15, 0.2) is 52.5 Å². The highest BCUT2D eigenvalue weighted by molar-refractivity contribution is 6.22. The molecule has 0 saturated heterocycles. The summed E-state index contributed by atoms with van der Waals surface area (Å²) in [6, 6.07) is 0. The molecule has 1 amide bonds. The third kappa shape index (κ3) is 2.56. The molecule has 1 N–H and O–H groups in total. The fourth-order valence-corrected chi connectivity index (χ4v) is 1.81. The number of allylic oxidation sites excluding steroid dienone is 5. The Hall–Kier alpha value is -2.18. The third-order valence-electron chi connectivity index (χ3n) is 2.88. The van der Waals surface area contributed by atoms with Gasteiger partial charge in [0.15, 0.2) is 0 Å². The van der Waals surface area contributed by atoms with E-state index >= 15 is 0 Å². The molecule has 106 valence electrons. The van der Waals surface area contributed by atoms with Crippen molar-refractivity contribution < 1.29 is 22.4 Å². The van der Waals surface area contributed by atoms with Crippen molar-refractivity contribution in [3.05, 3.63) is 47.4 Å². The summed E-state index contributed by atoms with van der Waals surface area (Å²) in [4.78, 5) is 11.2. The van der Waals surface area contributed by atoms with E-state index in [0.29, 0.717) is 11.6 Å². The van der Waals surface area contributed by atoms with Crippen molar-refractivity contribution in [1.29, 1.82) is 0 Å². The van der Waals surface area contributed by atoms with Crippen LogP contribution in [0.2, 0.25) is 0 Å². The van der Waals surface area contributed by atoms with E-state index in [1.165, 1.54) is 0 Å². The molecule has 20 heavy (non-hydrogen) atoms. The lowest BCUT2D eigenvalue weighted by Crippen LogP contribution is -2.28. The highest BCUT2D eigenvalue weighted by atomic mass is 19.4. The summed E-state index contributed by atoms with van der Waals surface area (Å²) in [5.41, 5.74) is 1.50. The van der Waals surface area contributed by atoms with Crippen molar-refractivity contribution in [2.45, 2.75) is 13.1 Å². The van der Waals surface area contributed by atoms with Gasteiger partial charge in [0.05, 0.1) is 17.2 Å². The molecule has 0 aromatic heterocycles. The lowest BCUT2D eigenvalue weighted by atomic mass is 10.0. The monoisotopic (exact) mass is 286 g/mol. The minimum atomic E-state index is -4.82. The van der Waals surface area contributed by atoms with Crippen LogP contribution in [0, 0.1) is 5.92 Å². The van der Waals surface area contributed by atoms with Gasteiger partial charge in [-0.05, 0) is 18.6 Å². The first kappa shape index (κ1) is 14.2. The number of hydrazone groups is 1. The SMILES string of the molecule is C=C/C(=C\C(=C(/C)F)C(F)(F)F)C1=NNC(=O)C2C=C12. The Bertz CT molecular complexity index is 604. The van der Waals surface area contributed by atoms with Gasteiger partial charge in [0.2, 0.25) is 0 Å². The number of nitrogens with zero attached hydrogens (tertiary/aromatic N) is 1. The van der Waals surface area contributed by atoms with E-state index in [4.69, 9.17) is 0 Å². The first-order chi connectivity index (χ1) is 9.25. The minimum absolute atomic E-state index is 0.00285. The Labute approximate surface area is 112 Å². The first-order valence-corrected chi connectivity index (χ1v) is 5.63. The Morgan fingerprint density at radius 1 is 1.50 bits per heavy atom. The molecule has 0 aromatic rings. The molecule has 0 bridgehead atoms. The molecule has 0 fully saturated rings. The number of carbonyl (C=O) groups excluding carboxylic acids is 1. The number of halogens is 4. The Kier molecular flexibility index (Phi) is 3.37. The quantitative estimate of drug-likeness (QED) is 0.629. The maximum Gasteiger partial charge on any atom is 0.418 e. The molecule has 2 aliphatic rings. The number of hydrogen-bond donors (Lipinski definition) is 1. The third-order valence-corrected chi connectivity index (χ3v) is 2.88. The number of alkyl halides is 3. The van der Waals surface area contributed by atoms with Crippen LogP contribution >= 0.6 is 0 Å². The number of fused-ring (bicyclic) bond motifs is 1. The summed E-state index contributed by atoms with van der Waals surface area (Å²) >= 11 is 0. The summed E-state index contributed by atoms with van der Waals surface area (Å²) in [6.07, 6.45) is -1.48. The average molecular weight is 286 g/mol. The number of rotatable bonds is 3. The van der Waals surface area contributed by atoms with Crippen molar-refractivity contribution >= 4 is 11.6 Å². The van der Waals surface area contributed by atoms with Crippen LogP contribution in [-0.2, 0) is 4.79 Å². The second-order valence-corrected chi connectivity index (χ2v) is 4.28. The molecule has 3 nitrogen and oxygen atoms in total. The Morgan fingerprint density at radius 2 is 2.15 bits per heavy atom. The number of carbonyl (C=O) groups is 1. The Balaban J connectivity index is 2.41. The van der Waals surface area contributed by atoms with Gasteiger partial charge in [-0.3, -0.25) is 4.79 Å². The zero-order valence-electron chi connectivity index (χ0n) is 10.4. The second kappa shape index (κ2) is 4.73. The summed E-state index contributed by atoms with van der Waals surface area (Å²) in [7, 11) is 0. The van der Waals surface area contributed by atoms with Crippen LogP contribution in [0.5, 0.6) is 0 Å². The van der Waals surface area contributed by atoms with Gasteiger partial charge < -0.3 is 0 Å². The average Bonchev–Trinajstić information content (AvgIpc) is 3.11. The van der Waals surface area contributed by atoms with Crippen molar-refractivity contribution in [1.82, 2.24) is 5.43 Å². The normalized spacial score (nSPS) is 23.1. The molecule has 1 aliphatic heterocycles. The smallest absolute Gasteiger partial charge is 0.272 e. The van der Waals surface area contributed by atoms with E-state index in [-0.39, 0.29) is 17.2 Å². The number of hydrogen-bond acceptors (Lipinski definition) is 2. The molecule has 2 rings (SSSR count). The molecule has 1 heterocycles.